The van der Waals surface area contributed by atoms with Gasteiger partial charge in [-0.05, 0) is 37.8 Å². The molecule has 0 aliphatic heterocycles. The summed E-state index contributed by atoms with van der Waals surface area (Å²) in [7, 11) is 0. The summed E-state index contributed by atoms with van der Waals surface area (Å²) in [6.45, 7) is 2.00. The SMILES string of the molecule is CCOC(=O)c1c(NC(=O)N/N=C/c2ccccc2F)sc2c1CCC2. The number of aryl methyl sites for hydroxylation is 1. The van der Waals surface area contributed by atoms with Crippen molar-refractivity contribution < 1.29 is 18.7 Å². The number of carbonyl (C=O) groups excluding carboxylic acids is 2. The smallest absolute Gasteiger partial charge is 0.341 e. The molecule has 0 bridgehead atoms. The van der Waals surface area contributed by atoms with E-state index in [4.69, 9.17) is 4.74 Å². The van der Waals surface area contributed by atoms with Crippen LogP contribution in [0.4, 0.5) is 14.2 Å². The lowest BCUT2D eigenvalue weighted by molar-refractivity contribution is 0.0527. The maximum atomic E-state index is 13.5. The van der Waals surface area contributed by atoms with E-state index in [-0.39, 0.29) is 12.2 Å². The molecule has 1 aromatic carbocycles. The quantitative estimate of drug-likeness (QED) is 0.475. The summed E-state index contributed by atoms with van der Waals surface area (Å²) in [5, 5.41) is 6.83. The van der Waals surface area contributed by atoms with Gasteiger partial charge in [-0.25, -0.2) is 19.4 Å². The normalized spacial score (nSPS) is 12.8. The Bertz CT molecular complexity index is 863. The maximum absolute atomic E-state index is 13.5. The van der Waals surface area contributed by atoms with Gasteiger partial charge in [-0.15, -0.1) is 11.3 Å². The third kappa shape index (κ3) is 3.91. The van der Waals surface area contributed by atoms with Gasteiger partial charge in [0.05, 0.1) is 18.4 Å². The first kappa shape index (κ1) is 18.1. The van der Waals surface area contributed by atoms with Crippen LogP contribution in [0.3, 0.4) is 0 Å². The molecule has 136 valence electrons. The number of benzene rings is 1. The number of thiophene rings is 1. The first-order valence-electron chi connectivity index (χ1n) is 8.26. The molecule has 0 radical (unpaired) electrons. The van der Waals surface area contributed by atoms with Crippen molar-refractivity contribution >= 4 is 34.6 Å². The number of hydrazone groups is 1. The summed E-state index contributed by atoms with van der Waals surface area (Å²) in [6.07, 6.45) is 3.90. The molecule has 26 heavy (non-hydrogen) atoms. The molecule has 0 fully saturated rings. The van der Waals surface area contributed by atoms with Crippen LogP contribution in [0.5, 0.6) is 0 Å². The zero-order chi connectivity index (χ0) is 18.5. The third-order valence-electron chi connectivity index (χ3n) is 3.90. The number of carbonyl (C=O) groups is 2. The number of fused-ring (bicyclic) bond motifs is 1. The Morgan fingerprint density at radius 1 is 1.35 bits per heavy atom. The fraction of sp³-hybridized carbons (Fsp3) is 0.278. The van der Waals surface area contributed by atoms with Crippen molar-refractivity contribution in [1.29, 1.82) is 0 Å². The first-order chi connectivity index (χ1) is 12.6. The van der Waals surface area contributed by atoms with Crippen molar-refractivity contribution in [1.82, 2.24) is 5.43 Å². The first-order valence-corrected chi connectivity index (χ1v) is 9.08. The van der Waals surface area contributed by atoms with Crippen LogP contribution in [0.1, 0.15) is 39.7 Å². The summed E-state index contributed by atoms with van der Waals surface area (Å²) in [5.74, 6) is -0.866. The molecule has 8 heteroatoms. The highest BCUT2D eigenvalue weighted by Crippen LogP contribution is 2.39. The monoisotopic (exact) mass is 375 g/mol. The Morgan fingerprint density at radius 2 is 2.15 bits per heavy atom. The number of urea groups is 1. The lowest BCUT2D eigenvalue weighted by atomic mass is 10.1. The molecule has 0 saturated carbocycles. The zero-order valence-electron chi connectivity index (χ0n) is 14.2. The fourth-order valence-electron chi connectivity index (χ4n) is 2.78. The van der Waals surface area contributed by atoms with E-state index >= 15 is 0 Å². The van der Waals surface area contributed by atoms with Crippen LogP contribution in [0.2, 0.25) is 0 Å². The highest BCUT2D eigenvalue weighted by molar-refractivity contribution is 7.17. The summed E-state index contributed by atoms with van der Waals surface area (Å²) < 4.78 is 18.6. The Balaban J connectivity index is 1.70. The van der Waals surface area contributed by atoms with Gasteiger partial charge in [-0.3, -0.25) is 5.32 Å². The highest BCUT2D eigenvalue weighted by atomic mass is 32.1. The van der Waals surface area contributed by atoms with Crippen LogP contribution >= 0.6 is 11.3 Å². The van der Waals surface area contributed by atoms with Gasteiger partial charge in [0.2, 0.25) is 0 Å². The van der Waals surface area contributed by atoms with Crippen molar-refractivity contribution in [3.8, 4) is 0 Å². The van der Waals surface area contributed by atoms with E-state index in [0.717, 1.165) is 29.7 Å². The van der Waals surface area contributed by atoms with E-state index in [1.807, 2.05) is 0 Å². The van der Waals surface area contributed by atoms with Crippen LogP contribution in [-0.4, -0.2) is 24.8 Å². The average molecular weight is 375 g/mol. The number of halogens is 1. The predicted octanol–water partition coefficient (Wildman–Crippen LogP) is 3.71. The van der Waals surface area contributed by atoms with Crippen molar-refractivity contribution in [3.05, 3.63) is 51.7 Å². The van der Waals surface area contributed by atoms with E-state index in [2.05, 4.69) is 15.8 Å². The number of hydrogen-bond donors (Lipinski definition) is 2. The Kier molecular flexibility index (Phi) is 5.62. The second kappa shape index (κ2) is 8.09. The molecule has 0 spiro atoms. The molecule has 3 rings (SSSR count). The van der Waals surface area contributed by atoms with Crippen molar-refractivity contribution in [2.24, 2.45) is 5.10 Å². The largest absolute Gasteiger partial charge is 0.462 e. The maximum Gasteiger partial charge on any atom is 0.341 e. The topological polar surface area (TPSA) is 79.8 Å². The number of anilines is 1. The number of esters is 1. The molecular weight excluding hydrogens is 357 g/mol. The molecule has 0 saturated heterocycles. The summed E-state index contributed by atoms with van der Waals surface area (Å²) in [6, 6.07) is 5.48. The third-order valence-corrected chi connectivity index (χ3v) is 5.11. The lowest BCUT2D eigenvalue weighted by Crippen LogP contribution is -2.25. The minimum Gasteiger partial charge on any atom is -0.462 e. The Morgan fingerprint density at radius 3 is 2.92 bits per heavy atom. The number of ether oxygens (including phenoxy) is 1. The van der Waals surface area contributed by atoms with E-state index in [9.17, 15) is 14.0 Å². The van der Waals surface area contributed by atoms with Crippen molar-refractivity contribution in [2.45, 2.75) is 26.2 Å². The fourth-order valence-corrected chi connectivity index (χ4v) is 4.06. The van der Waals surface area contributed by atoms with Gasteiger partial charge in [0.15, 0.2) is 0 Å². The number of amides is 2. The molecule has 2 amide bonds. The summed E-state index contributed by atoms with van der Waals surface area (Å²) in [4.78, 5) is 25.4. The molecule has 1 aliphatic rings. The molecule has 2 N–H and O–H groups in total. The Hall–Kier alpha value is -2.74. The molecule has 6 nitrogen and oxygen atoms in total. The molecule has 1 aromatic heterocycles. The number of rotatable bonds is 5. The number of nitrogens with zero attached hydrogens (tertiary/aromatic N) is 1. The molecular formula is C18H18FN3O3S. The standard InChI is InChI=1S/C18H18FN3O3S/c1-2-25-17(23)15-12-7-5-9-14(12)26-16(15)21-18(24)22-20-10-11-6-3-4-8-13(11)19/h3-4,6,8,10H,2,5,7,9H2,1H3,(H2,21,22,24)/b20-10+. The van der Waals surface area contributed by atoms with Gasteiger partial charge in [0.1, 0.15) is 10.8 Å². The van der Waals surface area contributed by atoms with Gasteiger partial charge in [0.25, 0.3) is 0 Å². The highest BCUT2D eigenvalue weighted by Gasteiger charge is 2.28. The molecule has 1 heterocycles. The number of hydrogen-bond acceptors (Lipinski definition) is 5. The van der Waals surface area contributed by atoms with E-state index in [0.29, 0.717) is 10.6 Å². The van der Waals surface area contributed by atoms with Gasteiger partial charge < -0.3 is 4.74 Å². The average Bonchev–Trinajstić information content (AvgIpc) is 3.17. The lowest BCUT2D eigenvalue weighted by Gasteiger charge is -2.07. The predicted molar refractivity (Wildman–Crippen MR) is 98.4 cm³/mol. The van der Waals surface area contributed by atoms with Crippen LogP contribution in [0, 0.1) is 5.82 Å². The number of nitrogens with one attached hydrogen (secondary N) is 2. The second-order valence-corrected chi connectivity index (χ2v) is 6.73. The van der Waals surface area contributed by atoms with E-state index < -0.39 is 17.8 Å². The molecule has 2 aromatic rings. The van der Waals surface area contributed by atoms with Crippen LogP contribution in [0.15, 0.2) is 29.4 Å². The van der Waals surface area contributed by atoms with Gasteiger partial charge in [-0.1, -0.05) is 18.2 Å². The Labute approximate surface area is 154 Å². The van der Waals surface area contributed by atoms with Crippen LogP contribution in [0.25, 0.3) is 0 Å². The minimum absolute atomic E-state index is 0.259. The van der Waals surface area contributed by atoms with Gasteiger partial charge in [0, 0.05) is 10.4 Å². The van der Waals surface area contributed by atoms with E-state index in [1.54, 1.807) is 25.1 Å². The second-order valence-electron chi connectivity index (χ2n) is 5.63. The molecule has 0 atom stereocenters. The van der Waals surface area contributed by atoms with Crippen LogP contribution in [-0.2, 0) is 17.6 Å². The molecule has 0 unspecified atom stereocenters. The molecule has 1 aliphatic carbocycles. The minimum atomic E-state index is -0.608. The summed E-state index contributed by atoms with van der Waals surface area (Å²) in [5.41, 5.74) is 3.92. The van der Waals surface area contributed by atoms with Crippen molar-refractivity contribution in [2.75, 3.05) is 11.9 Å². The van der Waals surface area contributed by atoms with Crippen molar-refractivity contribution in [3.63, 3.8) is 0 Å². The summed E-state index contributed by atoms with van der Waals surface area (Å²) >= 11 is 1.38. The van der Waals surface area contributed by atoms with Gasteiger partial charge >= 0.3 is 12.0 Å². The van der Waals surface area contributed by atoms with Crippen LogP contribution < -0.4 is 10.7 Å². The van der Waals surface area contributed by atoms with Gasteiger partial charge in [-0.2, -0.15) is 5.10 Å². The zero-order valence-corrected chi connectivity index (χ0v) is 15.0. The van der Waals surface area contributed by atoms with E-state index in [1.165, 1.54) is 23.6 Å².